The molecule has 170 valence electrons. The van der Waals surface area contributed by atoms with E-state index in [1.165, 1.54) is 5.56 Å². The molecule has 2 aromatic carbocycles. The van der Waals surface area contributed by atoms with Crippen molar-refractivity contribution in [1.29, 1.82) is 0 Å². The van der Waals surface area contributed by atoms with Crippen LogP contribution in [0.25, 0.3) is 0 Å². The molecule has 5 rings (SSSR count). The molecule has 2 saturated heterocycles. The third kappa shape index (κ3) is 5.22. The van der Waals surface area contributed by atoms with Gasteiger partial charge in [0.25, 0.3) is 0 Å². The topological polar surface area (TPSA) is 89.8 Å². The van der Waals surface area contributed by atoms with Crippen LogP contribution >= 0.6 is 0 Å². The molecule has 0 bridgehead atoms. The third-order valence-corrected chi connectivity index (χ3v) is 6.10. The predicted molar refractivity (Wildman–Crippen MR) is 131 cm³/mol. The van der Waals surface area contributed by atoms with Gasteiger partial charge in [-0.15, -0.1) is 0 Å². The van der Waals surface area contributed by atoms with Gasteiger partial charge in [-0.2, -0.15) is 20.1 Å². The van der Waals surface area contributed by atoms with E-state index < -0.39 is 0 Å². The molecule has 3 aromatic rings. The van der Waals surface area contributed by atoms with Gasteiger partial charge >= 0.3 is 0 Å². The van der Waals surface area contributed by atoms with Crippen molar-refractivity contribution in [2.75, 3.05) is 41.4 Å². The Morgan fingerprint density at radius 1 is 0.818 bits per heavy atom. The van der Waals surface area contributed by atoms with Crippen LogP contribution in [0.15, 0.2) is 53.6 Å². The molecular formula is C25H29N7O. The molecule has 2 N–H and O–H groups in total. The molecule has 0 radical (unpaired) electrons. The maximum Gasteiger partial charge on any atom is 0.250 e. The summed E-state index contributed by atoms with van der Waals surface area (Å²) in [7, 11) is 0. The number of aromatic hydroxyl groups is 1. The number of hydrogen-bond acceptors (Lipinski definition) is 8. The summed E-state index contributed by atoms with van der Waals surface area (Å²) in [6.45, 7) is 3.87. The van der Waals surface area contributed by atoms with Crippen LogP contribution in [0.3, 0.4) is 0 Å². The average Bonchev–Trinajstić information content (AvgIpc) is 3.56. The molecule has 33 heavy (non-hydrogen) atoms. The van der Waals surface area contributed by atoms with Crippen LogP contribution in [0.1, 0.15) is 42.4 Å². The fourth-order valence-electron chi connectivity index (χ4n) is 4.33. The van der Waals surface area contributed by atoms with Gasteiger partial charge in [0.1, 0.15) is 5.75 Å². The Labute approximate surface area is 194 Å². The minimum atomic E-state index is 0.184. The second-order valence-electron chi connectivity index (χ2n) is 8.57. The Kier molecular flexibility index (Phi) is 6.32. The van der Waals surface area contributed by atoms with Crippen molar-refractivity contribution >= 4 is 24.1 Å². The van der Waals surface area contributed by atoms with Crippen LogP contribution < -0.4 is 15.2 Å². The number of anilines is 3. The van der Waals surface area contributed by atoms with Gasteiger partial charge in [-0.1, -0.05) is 36.4 Å². The maximum atomic E-state index is 10.3. The van der Waals surface area contributed by atoms with Crippen LogP contribution in [0.2, 0.25) is 0 Å². The SMILES string of the molecule is Oc1ccc(Cc2ccccc2)cc1/C=N\Nc1nc(N2CCCC2)nc(N2CCCC2)n1. The summed E-state index contributed by atoms with van der Waals surface area (Å²) in [5, 5.41) is 14.6. The fraction of sp³-hybridized carbons (Fsp3) is 0.360. The van der Waals surface area contributed by atoms with E-state index in [0.717, 1.165) is 63.8 Å². The maximum absolute atomic E-state index is 10.3. The second-order valence-corrected chi connectivity index (χ2v) is 8.57. The molecule has 0 aliphatic carbocycles. The van der Waals surface area contributed by atoms with E-state index in [4.69, 9.17) is 4.98 Å². The molecule has 2 aliphatic rings. The molecular weight excluding hydrogens is 414 g/mol. The highest BCUT2D eigenvalue weighted by molar-refractivity contribution is 5.84. The normalized spacial score (nSPS) is 16.1. The minimum Gasteiger partial charge on any atom is -0.507 e. The van der Waals surface area contributed by atoms with E-state index in [1.807, 2.05) is 30.3 Å². The minimum absolute atomic E-state index is 0.184. The van der Waals surface area contributed by atoms with Gasteiger partial charge in [0.15, 0.2) is 0 Å². The van der Waals surface area contributed by atoms with Gasteiger partial charge in [0.05, 0.1) is 6.21 Å². The van der Waals surface area contributed by atoms with Crippen molar-refractivity contribution in [3.8, 4) is 5.75 Å². The van der Waals surface area contributed by atoms with Crippen LogP contribution in [-0.4, -0.2) is 52.5 Å². The van der Waals surface area contributed by atoms with E-state index >= 15 is 0 Å². The first-order chi connectivity index (χ1) is 16.2. The lowest BCUT2D eigenvalue weighted by molar-refractivity contribution is 0.474. The summed E-state index contributed by atoms with van der Waals surface area (Å²) in [6, 6.07) is 15.9. The number of benzene rings is 2. The number of phenolic OH excluding ortho intramolecular Hbond substituents is 1. The first-order valence-electron chi connectivity index (χ1n) is 11.7. The zero-order valence-corrected chi connectivity index (χ0v) is 18.7. The summed E-state index contributed by atoms with van der Waals surface area (Å²) in [5.41, 5.74) is 5.93. The van der Waals surface area contributed by atoms with Crippen molar-refractivity contribution in [1.82, 2.24) is 15.0 Å². The third-order valence-electron chi connectivity index (χ3n) is 6.10. The van der Waals surface area contributed by atoms with E-state index in [-0.39, 0.29) is 5.75 Å². The predicted octanol–water partition coefficient (Wildman–Crippen LogP) is 3.81. The van der Waals surface area contributed by atoms with Gasteiger partial charge in [-0.3, -0.25) is 0 Å². The lowest BCUT2D eigenvalue weighted by atomic mass is 10.0. The summed E-state index contributed by atoms with van der Waals surface area (Å²) < 4.78 is 0. The molecule has 0 saturated carbocycles. The van der Waals surface area contributed by atoms with E-state index in [9.17, 15) is 5.11 Å². The summed E-state index contributed by atoms with van der Waals surface area (Å²) in [5.74, 6) is 2.01. The Hall–Kier alpha value is -3.68. The monoisotopic (exact) mass is 443 g/mol. The number of rotatable bonds is 7. The van der Waals surface area contributed by atoms with Crippen LogP contribution in [0.5, 0.6) is 5.75 Å². The van der Waals surface area contributed by atoms with Crippen molar-refractivity contribution in [2.24, 2.45) is 5.10 Å². The zero-order chi connectivity index (χ0) is 22.5. The van der Waals surface area contributed by atoms with E-state index in [0.29, 0.717) is 23.4 Å². The van der Waals surface area contributed by atoms with Crippen LogP contribution in [0.4, 0.5) is 17.8 Å². The molecule has 3 heterocycles. The Morgan fingerprint density at radius 3 is 2.09 bits per heavy atom. The molecule has 8 nitrogen and oxygen atoms in total. The summed E-state index contributed by atoms with van der Waals surface area (Å²) in [4.78, 5) is 18.3. The van der Waals surface area contributed by atoms with Gasteiger partial charge in [0, 0.05) is 31.7 Å². The second kappa shape index (κ2) is 9.85. The number of hydrazone groups is 1. The Bertz CT molecular complexity index is 1070. The van der Waals surface area contributed by atoms with Crippen molar-refractivity contribution in [3.05, 3.63) is 65.2 Å². The summed E-state index contributed by atoms with van der Waals surface area (Å²) in [6.07, 6.45) is 7.03. The highest BCUT2D eigenvalue weighted by atomic mass is 16.3. The van der Waals surface area contributed by atoms with Crippen molar-refractivity contribution in [2.45, 2.75) is 32.1 Å². The van der Waals surface area contributed by atoms with E-state index in [2.05, 4.69) is 42.4 Å². The number of nitrogens with zero attached hydrogens (tertiary/aromatic N) is 6. The summed E-state index contributed by atoms with van der Waals surface area (Å²) >= 11 is 0. The highest BCUT2D eigenvalue weighted by Gasteiger charge is 2.21. The van der Waals surface area contributed by atoms with Crippen LogP contribution in [-0.2, 0) is 6.42 Å². The Balaban J connectivity index is 1.34. The standard InChI is InChI=1S/C25H29N7O/c33-22-11-10-20(16-19-8-2-1-3-9-19)17-21(22)18-26-30-23-27-24(31-12-4-5-13-31)29-25(28-23)32-14-6-7-15-32/h1-3,8-11,17-18,33H,4-7,12-16H2,(H,27,28,29,30)/b26-18-. The first-order valence-corrected chi connectivity index (χ1v) is 11.7. The smallest absolute Gasteiger partial charge is 0.250 e. The molecule has 0 spiro atoms. The van der Waals surface area contributed by atoms with Gasteiger partial charge in [-0.05, 0) is 55.4 Å². The number of aromatic nitrogens is 3. The zero-order valence-electron chi connectivity index (χ0n) is 18.7. The van der Waals surface area contributed by atoms with Crippen molar-refractivity contribution in [3.63, 3.8) is 0 Å². The molecule has 0 amide bonds. The Morgan fingerprint density at radius 2 is 1.45 bits per heavy atom. The molecule has 8 heteroatoms. The van der Waals surface area contributed by atoms with Gasteiger partial charge in [0.2, 0.25) is 17.8 Å². The molecule has 2 fully saturated rings. The quantitative estimate of drug-likeness (QED) is 0.424. The number of nitrogens with one attached hydrogen (secondary N) is 1. The molecule has 0 atom stereocenters. The van der Waals surface area contributed by atoms with Gasteiger partial charge < -0.3 is 14.9 Å². The number of phenols is 1. The first kappa shape index (κ1) is 21.2. The fourth-order valence-corrected chi connectivity index (χ4v) is 4.33. The molecule has 2 aliphatic heterocycles. The molecule has 1 aromatic heterocycles. The average molecular weight is 444 g/mol. The van der Waals surface area contributed by atoms with E-state index in [1.54, 1.807) is 12.3 Å². The highest BCUT2D eigenvalue weighted by Crippen LogP contribution is 2.23. The lowest BCUT2D eigenvalue weighted by Gasteiger charge is -2.20. The van der Waals surface area contributed by atoms with Gasteiger partial charge in [-0.25, -0.2) is 5.43 Å². The van der Waals surface area contributed by atoms with Crippen LogP contribution in [0, 0.1) is 0 Å². The number of hydrogen-bond donors (Lipinski definition) is 2. The lowest BCUT2D eigenvalue weighted by Crippen LogP contribution is -2.25. The largest absolute Gasteiger partial charge is 0.507 e. The van der Waals surface area contributed by atoms with Crippen molar-refractivity contribution < 1.29 is 5.11 Å². The molecule has 0 unspecified atom stereocenters.